The number of methoxy groups -OCH3 is 1. The van der Waals surface area contributed by atoms with Crippen LogP contribution in [0, 0.1) is 34.6 Å². The number of hydrogen-bond donors (Lipinski definition) is 1. The summed E-state index contributed by atoms with van der Waals surface area (Å²) in [6.07, 6.45) is -0.671. The van der Waals surface area contributed by atoms with Gasteiger partial charge in [-0.1, -0.05) is 0 Å². The van der Waals surface area contributed by atoms with Gasteiger partial charge in [0.2, 0.25) is 0 Å². The van der Waals surface area contributed by atoms with Crippen LogP contribution in [0.3, 0.4) is 0 Å². The second kappa shape index (κ2) is 5.33. The van der Waals surface area contributed by atoms with E-state index in [-0.39, 0.29) is 0 Å². The summed E-state index contributed by atoms with van der Waals surface area (Å²) in [7, 11) is 1.67. The van der Waals surface area contributed by atoms with Gasteiger partial charge >= 0.3 is 0 Å². The third kappa shape index (κ3) is 2.34. The van der Waals surface area contributed by atoms with Crippen molar-refractivity contribution >= 4 is 0 Å². The predicted molar refractivity (Wildman–Crippen MR) is 79.4 cm³/mol. The van der Waals surface area contributed by atoms with E-state index in [1.807, 2.05) is 46.8 Å². The Bertz CT molecular complexity index is 615. The molecule has 108 valence electrons. The summed E-state index contributed by atoms with van der Waals surface area (Å²) in [5.74, 6) is 2.51. The molecule has 0 aliphatic carbocycles. The molecule has 1 aromatic heterocycles. The van der Waals surface area contributed by atoms with Gasteiger partial charge in [-0.15, -0.1) is 0 Å². The molecule has 0 aliphatic heterocycles. The van der Waals surface area contributed by atoms with E-state index in [0.29, 0.717) is 0 Å². The summed E-state index contributed by atoms with van der Waals surface area (Å²) in [4.78, 5) is 0. The lowest BCUT2D eigenvalue weighted by atomic mass is 9.95. The lowest BCUT2D eigenvalue weighted by Gasteiger charge is -2.16. The van der Waals surface area contributed by atoms with Crippen LogP contribution in [0.5, 0.6) is 5.75 Å². The molecule has 1 unspecified atom stereocenters. The Kier molecular flexibility index (Phi) is 3.91. The molecule has 0 fully saturated rings. The highest BCUT2D eigenvalue weighted by Gasteiger charge is 2.21. The van der Waals surface area contributed by atoms with E-state index in [1.165, 1.54) is 0 Å². The van der Waals surface area contributed by atoms with Crippen LogP contribution in [0.1, 0.15) is 45.4 Å². The van der Waals surface area contributed by atoms with Crippen molar-refractivity contribution in [3.05, 3.63) is 51.5 Å². The SMILES string of the molecule is COc1c(C)cc(C(O)c2c(C)oc(C)c2C)cc1C. The number of aryl methyl sites for hydroxylation is 4. The van der Waals surface area contributed by atoms with Crippen LogP contribution in [0.15, 0.2) is 16.5 Å². The van der Waals surface area contributed by atoms with E-state index in [0.717, 1.165) is 45.1 Å². The fourth-order valence-electron chi connectivity index (χ4n) is 2.84. The molecular weight excluding hydrogens is 252 g/mol. The number of furan rings is 1. The highest BCUT2D eigenvalue weighted by Crippen LogP contribution is 2.34. The van der Waals surface area contributed by atoms with Gasteiger partial charge in [0.15, 0.2) is 0 Å². The molecule has 2 aromatic rings. The van der Waals surface area contributed by atoms with Crippen molar-refractivity contribution in [2.75, 3.05) is 7.11 Å². The van der Waals surface area contributed by atoms with Gasteiger partial charge in [0.1, 0.15) is 23.4 Å². The van der Waals surface area contributed by atoms with Crippen LogP contribution in [0.2, 0.25) is 0 Å². The molecule has 3 heteroatoms. The van der Waals surface area contributed by atoms with Crippen LogP contribution < -0.4 is 4.74 Å². The Morgan fingerprint density at radius 2 is 1.55 bits per heavy atom. The van der Waals surface area contributed by atoms with Crippen LogP contribution >= 0.6 is 0 Å². The summed E-state index contributed by atoms with van der Waals surface area (Å²) < 4.78 is 11.0. The minimum absolute atomic E-state index is 0.671. The van der Waals surface area contributed by atoms with E-state index in [4.69, 9.17) is 9.15 Å². The summed E-state index contributed by atoms with van der Waals surface area (Å²) in [6, 6.07) is 3.94. The van der Waals surface area contributed by atoms with Crippen molar-refractivity contribution in [1.29, 1.82) is 0 Å². The first-order chi connectivity index (χ1) is 9.36. The molecule has 1 atom stereocenters. The lowest BCUT2D eigenvalue weighted by Crippen LogP contribution is -2.04. The Morgan fingerprint density at radius 3 is 1.95 bits per heavy atom. The van der Waals surface area contributed by atoms with Crippen LogP contribution in [0.4, 0.5) is 0 Å². The Labute approximate surface area is 120 Å². The smallest absolute Gasteiger partial charge is 0.124 e. The summed E-state index contributed by atoms with van der Waals surface area (Å²) >= 11 is 0. The maximum Gasteiger partial charge on any atom is 0.124 e. The van der Waals surface area contributed by atoms with Crippen molar-refractivity contribution in [3.8, 4) is 5.75 Å². The highest BCUT2D eigenvalue weighted by molar-refractivity contribution is 5.47. The number of ether oxygens (including phenoxy) is 1. The number of aliphatic hydroxyl groups excluding tert-OH is 1. The average molecular weight is 274 g/mol. The lowest BCUT2D eigenvalue weighted by molar-refractivity contribution is 0.217. The monoisotopic (exact) mass is 274 g/mol. The van der Waals surface area contributed by atoms with Crippen LogP contribution in [-0.4, -0.2) is 12.2 Å². The van der Waals surface area contributed by atoms with Crippen molar-refractivity contribution < 1.29 is 14.3 Å². The molecule has 0 aliphatic rings. The molecule has 20 heavy (non-hydrogen) atoms. The minimum Gasteiger partial charge on any atom is -0.496 e. The number of rotatable bonds is 3. The molecule has 1 N–H and O–H groups in total. The van der Waals surface area contributed by atoms with Crippen molar-refractivity contribution in [2.45, 2.75) is 40.7 Å². The molecule has 0 radical (unpaired) electrons. The fourth-order valence-corrected chi connectivity index (χ4v) is 2.84. The number of benzene rings is 1. The molecule has 1 heterocycles. The van der Waals surface area contributed by atoms with E-state index < -0.39 is 6.10 Å². The minimum atomic E-state index is -0.671. The van der Waals surface area contributed by atoms with Crippen molar-refractivity contribution in [1.82, 2.24) is 0 Å². The molecule has 0 bridgehead atoms. The summed E-state index contributed by atoms with van der Waals surface area (Å²) in [5.41, 5.74) is 4.80. The van der Waals surface area contributed by atoms with Gasteiger partial charge < -0.3 is 14.3 Å². The van der Waals surface area contributed by atoms with Gasteiger partial charge in [-0.2, -0.15) is 0 Å². The third-order valence-corrected chi connectivity index (χ3v) is 3.89. The molecule has 0 saturated carbocycles. The van der Waals surface area contributed by atoms with Gasteiger partial charge in [-0.3, -0.25) is 0 Å². The van der Waals surface area contributed by atoms with E-state index >= 15 is 0 Å². The van der Waals surface area contributed by atoms with Gasteiger partial charge in [-0.05, 0) is 69.0 Å². The first-order valence-corrected chi connectivity index (χ1v) is 6.76. The maximum absolute atomic E-state index is 10.7. The van der Waals surface area contributed by atoms with Crippen LogP contribution in [0.25, 0.3) is 0 Å². The molecule has 0 spiro atoms. The largest absolute Gasteiger partial charge is 0.496 e. The van der Waals surface area contributed by atoms with Crippen molar-refractivity contribution in [3.63, 3.8) is 0 Å². The highest BCUT2D eigenvalue weighted by atomic mass is 16.5. The average Bonchev–Trinajstić information content (AvgIpc) is 2.62. The normalized spacial score (nSPS) is 12.6. The van der Waals surface area contributed by atoms with Gasteiger partial charge in [-0.25, -0.2) is 0 Å². The first-order valence-electron chi connectivity index (χ1n) is 6.76. The summed E-state index contributed by atoms with van der Waals surface area (Å²) in [5, 5.41) is 10.7. The Morgan fingerprint density at radius 1 is 1.00 bits per heavy atom. The third-order valence-electron chi connectivity index (χ3n) is 3.89. The molecule has 0 amide bonds. The van der Waals surface area contributed by atoms with Crippen molar-refractivity contribution in [2.24, 2.45) is 0 Å². The zero-order valence-electron chi connectivity index (χ0n) is 13.0. The topological polar surface area (TPSA) is 42.6 Å². The quantitative estimate of drug-likeness (QED) is 0.922. The zero-order valence-corrected chi connectivity index (χ0v) is 13.0. The Balaban J connectivity index is 2.51. The van der Waals surface area contributed by atoms with Gasteiger partial charge in [0, 0.05) is 5.56 Å². The second-order valence-corrected chi connectivity index (χ2v) is 5.34. The van der Waals surface area contributed by atoms with E-state index in [2.05, 4.69) is 0 Å². The standard InChI is InChI=1S/C17H22O3/c1-9-7-14(8-10(2)17(9)19-6)16(18)15-11(3)12(4)20-13(15)5/h7-8,16,18H,1-6H3. The fraction of sp³-hybridized carbons (Fsp3) is 0.412. The number of hydrogen-bond acceptors (Lipinski definition) is 3. The maximum atomic E-state index is 10.7. The molecule has 2 rings (SSSR count). The predicted octanol–water partition coefficient (Wildman–Crippen LogP) is 3.91. The van der Waals surface area contributed by atoms with Gasteiger partial charge in [0.05, 0.1) is 7.11 Å². The van der Waals surface area contributed by atoms with E-state index in [1.54, 1.807) is 7.11 Å². The second-order valence-electron chi connectivity index (χ2n) is 5.34. The Hall–Kier alpha value is -1.74. The van der Waals surface area contributed by atoms with Gasteiger partial charge in [0.25, 0.3) is 0 Å². The van der Waals surface area contributed by atoms with E-state index in [9.17, 15) is 5.11 Å². The molecular formula is C17H22O3. The summed E-state index contributed by atoms with van der Waals surface area (Å²) in [6.45, 7) is 9.77. The molecule has 3 nitrogen and oxygen atoms in total. The molecule has 1 aromatic carbocycles. The zero-order chi connectivity index (χ0) is 15.0. The first kappa shape index (κ1) is 14.7. The van der Waals surface area contributed by atoms with Crippen LogP contribution in [-0.2, 0) is 0 Å². The molecule has 0 saturated heterocycles. The number of aliphatic hydroxyl groups is 1.